The highest BCUT2D eigenvalue weighted by Gasteiger charge is 2.23. The van der Waals surface area contributed by atoms with Gasteiger partial charge in [-0.1, -0.05) is 31.5 Å². The lowest BCUT2D eigenvalue weighted by molar-refractivity contribution is -0.122. The van der Waals surface area contributed by atoms with Crippen LogP contribution in [0.3, 0.4) is 0 Å². The number of rotatable bonds is 8. The summed E-state index contributed by atoms with van der Waals surface area (Å²) in [5.41, 5.74) is 1.25. The third kappa shape index (κ3) is 5.54. The summed E-state index contributed by atoms with van der Waals surface area (Å²) in [6.07, 6.45) is 3.87. The van der Waals surface area contributed by atoms with E-state index in [0.717, 1.165) is 0 Å². The highest BCUT2D eigenvalue weighted by atomic mass is 35.5. The Morgan fingerprint density at radius 2 is 2.03 bits per heavy atom. The van der Waals surface area contributed by atoms with Gasteiger partial charge in [0.15, 0.2) is 5.82 Å². The zero-order valence-corrected chi connectivity index (χ0v) is 17.4. The van der Waals surface area contributed by atoms with Crippen molar-refractivity contribution >= 4 is 23.3 Å². The Hall–Kier alpha value is -2.93. The van der Waals surface area contributed by atoms with Gasteiger partial charge in [0.1, 0.15) is 28.3 Å². The van der Waals surface area contributed by atoms with Gasteiger partial charge in [0.05, 0.1) is 18.5 Å². The number of pyridine rings is 1. The first kappa shape index (κ1) is 20.8. The van der Waals surface area contributed by atoms with Gasteiger partial charge in [-0.25, -0.2) is 9.97 Å². The van der Waals surface area contributed by atoms with Crippen molar-refractivity contribution in [2.75, 3.05) is 5.32 Å². The molecule has 3 rings (SSSR count). The second-order valence-corrected chi connectivity index (χ2v) is 7.51. The molecular formula is C21H24ClN5O2. The molecule has 1 atom stereocenters. The zero-order valence-electron chi connectivity index (χ0n) is 16.6. The van der Waals surface area contributed by atoms with Crippen molar-refractivity contribution < 1.29 is 9.21 Å². The van der Waals surface area contributed by atoms with Gasteiger partial charge in [0.25, 0.3) is 0 Å². The number of nitrogens with zero attached hydrogens (tertiary/aromatic N) is 3. The van der Waals surface area contributed by atoms with Gasteiger partial charge in [0.2, 0.25) is 5.91 Å². The van der Waals surface area contributed by atoms with E-state index in [4.69, 9.17) is 16.0 Å². The van der Waals surface area contributed by atoms with Crippen molar-refractivity contribution in [2.24, 2.45) is 5.92 Å². The van der Waals surface area contributed by atoms with Gasteiger partial charge in [0, 0.05) is 6.20 Å². The van der Waals surface area contributed by atoms with E-state index < -0.39 is 6.04 Å². The predicted octanol–water partition coefficient (Wildman–Crippen LogP) is 4.24. The van der Waals surface area contributed by atoms with Crippen molar-refractivity contribution in [1.82, 2.24) is 20.3 Å². The Labute approximate surface area is 174 Å². The summed E-state index contributed by atoms with van der Waals surface area (Å²) in [6.45, 7) is 6.23. The Morgan fingerprint density at radius 1 is 1.21 bits per heavy atom. The molecular weight excluding hydrogens is 390 g/mol. The number of furan rings is 1. The third-order valence-corrected chi connectivity index (χ3v) is 4.71. The van der Waals surface area contributed by atoms with E-state index in [0.29, 0.717) is 52.7 Å². The van der Waals surface area contributed by atoms with Crippen LogP contribution in [0.15, 0.2) is 47.2 Å². The van der Waals surface area contributed by atoms with Crippen LogP contribution in [-0.2, 0) is 11.3 Å². The summed E-state index contributed by atoms with van der Waals surface area (Å²) >= 11 is 6.44. The molecule has 3 aromatic rings. The molecule has 152 valence electrons. The molecule has 3 heterocycles. The van der Waals surface area contributed by atoms with Crippen LogP contribution in [-0.4, -0.2) is 26.9 Å². The largest absolute Gasteiger partial charge is 0.467 e. The first-order valence-corrected chi connectivity index (χ1v) is 9.84. The number of anilines is 1. The Balaban J connectivity index is 1.82. The molecule has 1 amide bonds. The second kappa shape index (κ2) is 9.52. The van der Waals surface area contributed by atoms with E-state index in [1.807, 2.05) is 24.3 Å². The standard InChI is InChI=1S/C21H24ClN5O2/c1-13(2)11-17(21(28)24-12-15-7-6-10-29-15)26-20-18(22)14(3)25-19(27-20)16-8-4-5-9-23-16/h4-10,13,17H,11-12H2,1-3H3,(H,24,28)(H,25,26,27). The quantitative estimate of drug-likeness (QED) is 0.573. The molecule has 2 N–H and O–H groups in total. The fraction of sp³-hybridized carbons (Fsp3) is 0.333. The van der Waals surface area contributed by atoms with Gasteiger partial charge in [-0.3, -0.25) is 9.78 Å². The molecule has 1 unspecified atom stereocenters. The predicted molar refractivity (Wildman–Crippen MR) is 112 cm³/mol. The van der Waals surface area contributed by atoms with E-state index in [2.05, 4.69) is 39.4 Å². The molecule has 0 bridgehead atoms. The maximum Gasteiger partial charge on any atom is 0.242 e. The number of carbonyl (C=O) groups is 1. The van der Waals surface area contributed by atoms with Crippen LogP contribution in [0.2, 0.25) is 5.02 Å². The molecule has 0 spiro atoms. The monoisotopic (exact) mass is 413 g/mol. The first-order chi connectivity index (χ1) is 13.9. The van der Waals surface area contributed by atoms with Gasteiger partial charge in [-0.2, -0.15) is 0 Å². The van der Waals surface area contributed by atoms with E-state index in [1.165, 1.54) is 0 Å². The highest BCUT2D eigenvalue weighted by Crippen LogP contribution is 2.27. The number of halogens is 1. The van der Waals surface area contributed by atoms with Crippen molar-refractivity contribution in [1.29, 1.82) is 0 Å². The number of aromatic nitrogens is 3. The number of amides is 1. The van der Waals surface area contributed by atoms with Crippen LogP contribution < -0.4 is 10.6 Å². The maximum atomic E-state index is 12.8. The number of carbonyl (C=O) groups excluding carboxylic acids is 1. The van der Waals surface area contributed by atoms with Crippen LogP contribution in [0.5, 0.6) is 0 Å². The fourth-order valence-electron chi connectivity index (χ4n) is 2.84. The van der Waals surface area contributed by atoms with Crippen LogP contribution in [0.25, 0.3) is 11.5 Å². The number of hydrogen-bond acceptors (Lipinski definition) is 6. The van der Waals surface area contributed by atoms with Gasteiger partial charge in [-0.15, -0.1) is 0 Å². The van der Waals surface area contributed by atoms with Crippen LogP contribution in [0.1, 0.15) is 31.7 Å². The van der Waals surface area contributed by atoms with Gasteiger partial charge >= 0.3 is 0 Å². The lowest BCUT2D eigenvalue weighted by atomic mass is 10.0. The highest BCUT2D eigenvalue weighted by molar-refractivity contribution is 6.33. The average Bonchev–Trinajstić information content (AvgIpc) is 3.22. The molecule has 0 aliphatic rings. The molecule has 0 aromatic carbocycles. The summed E-state index contributed by atoms with van der Waals surface area (Å²) in [6, 6.07) is 8.62. The fourth-order valence-corrected chi connectivity index (χ4v) is 2.98. The summed E-state index contributed by atoms with van der Waals surface area (Å²) in [5, 5.41) is 6.49. The van der Waals surface area contributed by atoms with E-state index in [1.54, 1.807) is 25.5 Å². The van der Waals surface area contributed by atoms with Gasteiger partial charge in [-0.05, 0) is 43.5 Å². The normalized spacial score (nSPS) is 12.0. The summed E-state index contributed by atoms with van der Waals surface area (Å²) < 4.78 is 5.28. The molecule has 0 saturated heterocycles. The molecule has 0 aliphatic heterocycles. The average molecular weight is 414 g/mol. The zero-order chi connectivity index (χ0) is 20.8. The molecule has 8 heteroatoms. The smallest absolute Gasteiger partial charge is 0.242 e. The van der Waals surface area contributed by atoms with Crippen molar-refractivity contribution in [3.8, 4) is 11.5 Å². The maximum absolute atomic E-state index is 12.8. The van der Waals surface area contributed by atoms with Crippen LogP contribution >= 0.6 is 11.6 Å². The van der Waals surface area contributed by atoms with Crippen molar-refractivity contribution in [3.05, 3.63) is 59.3 Å². The summed E-state index contributed by atoms with van der Waals surface area (Å²) in [7, 11) is 0. The second-order valence-electron chi connectivity index (χ2n) is 7.13. The Morgan fingerprint density at radius 3 is 2.69 bits per heavy atom. The molecule has 3 aromatic heterocycles. The van der Waals surface area contributed by atoms with Crippen LogP contribution in [0.4, 0.5) is 5.82 Å². The molecule has 0 fully saturated rings. The molecule has 0 aliphatic carbocycles. The minimum absolute atomic E-state index is 0.151. The van der Waals surface area contributed by atoms with E-state index >= 15 is 0 Å². The lowest BCUT2D eigenvalue weighted by Crippen LogP contribution is -2.40. The first-order valence-electron chi connectivity index (χ1n) is 9.46. The van der Waals surface area contributed by atoms with Gasteiger partial charge < -0.3 is 15.1 Å². The summed E-state index contributed by atoms with van der Waals surface area (Å²) in [4.78, 5) is 26.1. The lowest BCUT2D eigenvalue weighted by Gasteiger charge is -2.21. The molecule has 29 heavy (non-hydrogen) atoms. The minimum atomic E-state index is -0.506. The topological polar surface area (TPSA) is 92.9 Å². The number of aryl methyl sites for hydroxylation is 1. The van der Waals surface area contributed by atoms with E-state index in [-0.39, 0.29) is 5.91 Å². The minimum Gasteiger partial charge on any atom is -0.467 e. The Kier molecular flexibility index (Phi) is 6.82. The number of hydrogen-bond donors (Lipinski definition) is 2. The van der Waals surface area contributed by atoms with Crippen LogP contribution in [0, 0.1) is 12.8 Å². The van der Waals surface area contributed by atoms with Crippen molar-refractivity contribution in [2.45, 2.75) is 39.8 Å². The number of nitrogens with one attached hydrogen (secondary N) is 2. The Bertz CT molecular complexity index is 945. The van der Waals surface area contributed by atoms with E-state index in [9.17, 15) is 4.79 Å². The molecule has 7 nitrogen and oxygen atoms in total. The molecule has 0 saturated carbocycles. The molecule has 0 radical (unpaired) electrons. The van der Waals surface area contributed by atoms with Crippen molar-refractivity contribution in [3.63, 3.8) is 0 Å². The SMILES string of the molecule is Cc1nc(-c2ccccn2)nc(NC(CC(C)C)C(=O)NCc2ccco2)c1Cl. The summed E-state index contributed by atoms with van der Waals surface area (Å²) in [5.74, 6) is 1.70. The third-order valence-electron chi connectivity index (χ3n) is 4.26.